The predicted octanol–water partition coefficient (Wildman–Crippen LogP) is 2.40. The lowest BCUT2D eigenvalue weighted by atomic mass is 10.0. The summed E-state index contributed by atoms with van der Waals surface area (Å²) in [6.45, 7) is 5.29. The summed E-state index contributed by atoms with van der Waals surface area (Å²) in [7, 11) is 0. The van der Waals surface area contributed by atoms with Gasteiger partial charge in [0.2, 0.25) is 5.91 Å². The quantitative estimate of drug-likeness (QED) is 0.883. The van der Waals surface area contributed by atoms with Crippen molar-refractivity contribution >= 4 is 29.0 Å². The number of thiophene rings is 1. The third-order valence-corrected chi connectivity index (χ3v) is 5.14. The molecule has 0 saturated carbocycles. The van der Waals surface area contributed by atoms with Crippen LogP contribution in [0.2, 0.25) is 0 Å². The molecule has 0 aliphatic carbocycles. The van der Waals surface area contributed by atoms with Crippen LogP contribution >= 0.6 is 23.1 Å². The second-order valence-electron chi connectivity index (χ2n) is 4.21. The number of thioether (sulfide) groups is 1. The SMILES string of the molecule is CCNC(=O)CNC1C[C@H](C)Sc2sccc21. The highest BCUT2D eigenvalue weighted by Gasteiger charge is 2.26. The van der Waals surface area contributed by atoms with Crippen molar-refractivity contribution in [1.82, 2.24) is 10.6 Å². The van der Waals surface area contributed by atoms with Crippen molar-refractivity contribution in [3.05, 3.63) is 17.0 Å². The van der Waals surface area contributed by atoms with Gasteiger partial charge in [-0.05, 0) is 30.4 Å². The Morgan fingerprint density at radius 2 is 2.41 bits per heavy atom. The van der Waals surface area contributed by atoms with Crippen LogP contribution in [0.3, 0.4) is 0 Å². The Morgan fingerprint density at radius 1 is 1.59 bits per heavy atom. The van der Waals surface area contributed by atoms with Crippen LogP contribution in [-0.2, 0) is 4.79 Å². The van der Waals surface area contributed by atoms with Crippen LogP contribution in [0.25, 0.3) is 0 Å². The molecular weight excluding hydrogens is 252 g/mol. The number of carbonyl (C=O) groups is 1. The number of nitrogens with one attached hydrogen (secondary N) is 2. The van der Waals surface area contributed by atoms with E-state index in [0.29, 0.717) is 24.4 Å². The van der Waals surface area contributed by atoms with E-state index < -0.39 is 0 Å². The van der Waals surface area contributed by atoms with Crippen molar-refractivity contribution < 1.29 is 4.79 Å². The van der Waals surface area contributed by atoms with E-state index in [0.717, 1.165) is 6.42 Å². The maximum atomic E-state index is 11.4. The summed E-state index contributed by atoms with van der Waals surface area (Å²) in [5, 5.41) is 8.92. The first-order valence-corrected chi connectivity index (χ1v) is 7.70. The molecule has 3 nitrogen and oxygen atoms in total. The number of amides is 1. The topological polar surface area (TPSA) is 41.1 Å². The molecule has 0 fully saturated rings. The van der Waals surface area contributed by atoms with E-state index in [-0.39, 0.29) is 5.91 Å². The second-order valence-corrected chi connectivity index (χ2v) is 6.84. The first-order valence-electron chi connectivity index (χ1n) is 5.94. The fraction of sp³-hybridized carbons (Fsp3) is 0.583. The molecule has 0 aromatic carbocycles. The van der Waals surface area contributed by atoms with Gasteiger partial charge in [-0.1, -0.05) is 6.92 Å². The Kier molecular flexibility index (Phi) is 4.48. The van der Waals surface area contributed by atoms with Gasteiger partial charge < -0.3 is 10.6 Å². The molecule has 1 aromatic rings. The van der Waals surface area contributed by atoms with Crippen LogP contribution < -0.4 is 10.6 Å². The van der Waals surface area contributed by atoms with Crippen molar-refractivity contribution in [3.63, 3.8) is 0 Å². The van der Waals surface area contributed by atoms with Gasteiger partial charge in [-0.2, -0.15) is 0 Å². The fourth-order valence-corrected chi connectivity index (χ4v) is 4.58. The lowest BCUT2D eigenvalue weighted by Crippen LogP contribution is -2.37. The van der Waals surface area contributed by atoms with Gasteiger partial charge >= 0.3 is 0 Å². The monoisotopic (exact) mass is 270 g/mol. The smallest absolute Gasteiger partial charge is 0.233 e. The van der Waals surface area contributed by atoms with Gasteiger partial charge in [0.05, 0.1) is 10.8 Å². The standard InChI is InChI=1S/C12H18N2OS2/c1-3-13-11(15)7-14-10-6-8(2)17-12-9(10)4-5-16-12/h4-5,8,10,14H,3,6-7H2,1-2H3,(H,13,15)/t8-,10?/m0/s1. The van der Waals surface area contributed by atoms with Gasteiger partial charge in [-0.15, -0.1) is 23.1 Å². The average Bonchev–Trinajstić information content (AvgIpc) is 2.74. The van der Waals surface area contributed by atoms with Gasteiger partial charge in [0.25, 0.3) is 0 Å². The Bertz CT molecular complexity index is 392. The first kappa shape index (κ1) is 12.9. The first-order chi connectivity index (χ1) is 8.20. The Morgan fingerprint density at radius 3 is 3.18 bits per heavy atom. The summed E-state index contributed by atoms with van der Waals surface area (Å²) in [6, 6.07) is 2.50. The molecule has 1 unspecified atom stereocenters. The van der Waals surface area contributed by atoms with E-state index in [1.165, 1.54) is 9.77 Å². The third kappa shape index (κ3) is 3.24. The predicted molar refractivity (Wildman–Crippen MR) is 73.7 cm³/mol. The minimum atomic E-state index is 0.0789. The molecule has 2 rings (SSSR count). The van der Waals surface area contributed by atoms with Crippen LogP contribution in [-0.4, -0.2) is 24.2 Å². The van der Waals surface area contributed by atoms with Gasteiger partial charge in [0.1, 0.15) is 0 Å². The van der Waals surface area contributed by atoms with Gasteiger partial charge in [-0.25, -0.2) is 0 Å². The lowest BCUT2D eigenvalue weighted by Gasteiger charge is -2.27. The van der Waals surface area contributed by atoms with Crippen LogP contribution in [0, 0.1) is 0 Å². The number of carbonyl (C=O) groups excluding carboxylic acids is 1. The summed E-state index contributed by atoms with van der Waals surface area (Å²) in [6.07, 6.45) is 1.09. The van der Waals surface area contributed by atoms with Crippen molar-refractivity contribution in [3.8, 4) is 0 Å². The average molecular weight is 270 g/mol. The van der Waals surface area contributed by atoms with Crippen LogP contribution in [0.15, 0.2) is 15.7 Å². The van der Waals surface area contributed by atoms with Crippen molar-refractivity contribution in [1.29, 1.82) is 0 Å². The number of likely N-dealkylation sites (N-methyl/N-ethyl adjacent to an activating group) is 1. The highest BCUT2D eigenvalue weighted by molar-refractivity contribution is 8.01. The molecular formula is C12H18N2OS2. The third-order valence-electron chi connectivity index (χ3n) is 2.79. The van der Waals surface area contributed by atoms with E-state index in [1.54, 1.807) is 11.3 Å². The van der Waals surface area contributed by atoms with Crippen LogP contribution in [0.1, 0.15) is 31.9 Å². The zero-order valence-electron chi connectivity index (χ0n) is 10.2. The number of rotatable bonds is 4. The number of hydrogen-bond acceptors (Lipinski definition) is 4. The van der Waals surface area contributed by atoms with Crippen molar-refractivity contribution in [2.24, 2.45) is 0 Å². The largest absolute Gasteiger partial charge is 0.355 e. The molecule has 0 bridgehead atoms. The molecule has 1 amide bonds. The van der Waals surface area contributed by atoms with Gasteiger partial charge in [0, 0.05) is 17.8 Å². The molecule has 2 atom stereocenters. The minimum absolute atomic E-state index is 0.0789. The lowest BCUT2D eigenvalue weighted by molar-refractivity contribution is -0.120. The molecule has 0 spiro atoms. The molecule has 2 heterocycles. The summed E-state index contributed by atoms with van der Waals surface area (Å²) in [4.78, 5) is 11.4. The van der Waals surface area contributed by atoms with E-state index in [1.807, 2.05) is 18.7 Å². The molecule has 1 aliphatic heterocycles. The highest BCUT2D eigenvalue weighted by atomic mass is 32.2. The second kappa shape index (κ2) is 5.89. The molecule has 17 heavy (non-hydrogen) atoms. The van der Waals surface area contributed by atoms with Crippen LogP contribution in [0.5, 0.6) is 0 Å². The summed E-state index contributed by atoms with van der Waals surface area (Å²) in [5.74, 6) is 0.0789. The van der Waals surface area contributed by atoms with Gasteiger partial charge in [0.15, 0.2) is 0 Å². The molecule has 1 aromatic heterocycles. The van der Waals surface area contributed by atoms with E-state index in [2.05, 4.69) is 29.0 Å². The zero-order valence-corrected chi connectivity index (χ0v) is 11.8. The number of hydrogen-bond donors (Lipinski definition) is 2. The van der Waals surface area contributed by atoms with Crippen molar-refractivity contribution in [2.75, 3.05) is 13.1 Å². The normalized spacial score (nSPS) is 23.2. The van der Waals surface area contributed by atoms with Gasteiger partial charge in [-0.3, -0.25) is 4.79 Å². The van der Waals surface area contributed by atoms with E-state index >= 15 is 0 Å². The number of fused-ring (bicyclic) bond motifs is 1. The molecule has 2 N–H and O–H groups in total. The minimum Gasteiger partial charge on any atom is -0.355 e. The maximum Gasteiger partial charge on any atom is 0.233 e. The van der Waals surface area contributed by atoms with Crippen molar-refractivity contribution in [2.45, 2.75) is 35.8 Å². The molecule has 1 aliphatic rings. The molecule has 94 valence electrons. The summed E-state index contributed by atoms with van der Waals surface area (Å²) in [5.41, 5.74) is 1.36. The molecule has 0 radical (unpaired) electrons. The Hall–Kier alpha value is -0.520. The van der Waals surface area contributed by atoms with E-state index in [4.69, 9.17) is 0 Å². The molecule has 0 saturated heterocycles. The summed E-state index contributed by atoms with van der Waals surface area (Å²) >= 11 is 3.74. The van der Waals surface area contributed by atoms with Crippen LogP contribution in [0.4, 0.5) is 0 Å². The summed E-state index contributed by atoms with van der Waals surface area (Å²) < 4.78 is 1.40. The zero-order chi connectivity index (χ0) is 12.3. The Balaban J connectivity index is 1.96. The fourth-order valence-electron chi connectivity index (χ4n) is 2.02. The maximum absolute atomic E-state index is 11.4. The highest BCUT2D eigenvalue weighted by Crippen LogP contribution is 2.43. The Labute approximate surface area is 110 Å². The van der Waals surface area contributed by atoms with E-state index in [9.17, 15) is 4.79 Å². The molecule has 5 heteroatoms.